The third kappa shape index (κ3) is 3.27. The monoisotopic (exact) mass is 195 g/mol. The van der Waals surface area contributed by atoms with E-state index >= 15 is 0 Å². The molecule has 0 bridgehead atoms. The lowest BCUT2D eigenvalue weighted by Crippen LogP contribution is -2.30. The van der Waals surface area contributed by atoms with Gasteiger partial charge in [-0.2, -0.15) is 0 Å². The fraction of sp³-hybridized carbons (Fsp3) is 1.00. The van der Waals surface area contributed by atoms with Gasteiger partial charge in [-0.15, -0.1) is 0 Å². The maximum absolute atomic E-state index is 2.68. The molecule has 1 heterocycles. The van der Waals surface area contributed by atoms with E-state index in [1.807, 2.05) is 0 Å². The van der Waals surface area contributed by atoms with Crippen LogP contribution in [0, 0.1) is 5.92 Å². The fourth-order valence-electron chi connectivity index (χ4n) is 3.09. The van der Waals surface area contributed by atoms with Gasteiger partial charge in [0.25, 0.3) is 0 Å². The van der Waals surface area contributed by atoms with Gasteiger partial charge in [0.05, 0.1) is 0 Å². The minimum Gasteiger partial charge on any atom is -0.303 e. The Morgan fingerprint density at radius 3 is 2.29 bits per heavy atom. The van der Waals surface area contributed by atoms with Crippen molar-refractivity contribution in [3.63, 3.8) is 0 Å². The summed E-state index contributed by atoms with van der Waals surface area (Å²) in [7, 11) is 0. The summed E-state index contributed by atoms with van der Waals surface area (Å²) in [5, 5.41) is 0. The summed E-state index contributed by atoms with van der Waals surface area (Å²) in [4.78, 5) is 2.68. The Bertz CT molecular complexity index is 143. The second-order valence-electron chi connectivity index (χ2n) is 5.20. The zero-order chi connectivity index (χ0) is 9.64. The Kier molecular flexibility index (Phi) is 4.30. The van der Waals surface area contributed by atoms with Crippen LogP contribution in [0.4, 0.5) is 0 Å². The predicted octanol–water partition coefficient (Wildman–Crippen LogP) is 3.44. The molecule has 82 valence electrons. The van der Waals surface area contributed by atoms with Crippen molar-refractivity contribution < 1.29 is 0 Å². The second kappa shape index (κ2) is 5.75. The number of hydrogen-bond acceptors (Lipinski definition) is 1. The molecule has 1 aliphatic heterocycles. The van der Waals surface area contributed by atoms with Crippen molar-refractivity contribution in [2.45, 2.75) is 57.8 Å². The van der Waals surface area contributed by atoms with E-state index in [0.29, 0.717) is 0 Å². The minimum atomic E-state index is 1.10. The van der Waals surface area contributed by atoms with Crippen LogP contribution in [-0.4, -0.2) is 24.5 Å². The Balaban J connectivity index is 1.52. The Morgan fingerprint density at radius 1 is 0.857 bits per heavy atom. The van der Waals surface area contributed by atoms with Gasteiger partial charge < -0.3 is 4.90 Å². The van der Waals surface area contributed by atoms with E-state index in [1.165, 1.54) is 77.4 Å². The van der Waals surface area contributed by atoms with Crippen LogP contribution >= 0.6 is 0 Å². The number of rotatable bonds is 4. The molecule has 1 heteroatoms. The van der Waals surface area contributed by atoms with Gasteiger partial charge in [0.15, 0.2) is 0 Å². The summed E-state index contributed by atoms with van der Waals surface area (Å²) in [5.41, 5.74) is 0. The van der Waals surface area contributed by atoms with E-state index in [2.05, 4.69) is 4.90 Å². The molecule has 14 heavy (non-hydrogen) atoms. The molecule has 0 aromatic heterocycles. The summed E-state index contributed by atoms with van der Waals surface area (Å²) < 4.78 is 0. The van der Waals surface area contributed by atoms with E-state index in [9.17, 15) is 0 Å². The highest BCUT2D eigenvalue weighted by Crippen LogP contribution is 2.28. The number of nitrogens with zero attached hydrogens (tertiary/aromatic N) is 1. The molecule has 1 saturated heterocycles. The average molecular weight is 195 g/mol. The molecule has 0 N–H and O–H groups in total. The zero-order valence-electron chi connectivity index (χ0n) is 9.51. The molecule has 0 aromatic rings. The summed E-state index contributed by atoms with van der Waals surface area (Å²) in [6, 6.07) is 0. The summed E-state index contributed by atoms with van der Waals surface area (Å²) in [5.74, 6) is 1.10. The van der Waals surface area contributed by atoms with Crippen LogP contribution in [-0.2, 0) is 0 Å². The lowest BCUT2D eigenvalue weighted by molar-refractivity contribution is 0.220. The van der Waals surface area contributed by atoms with Gasteiger partial charge in [-0.25, -0.2) is 0 Å². The smallest absolute Gasteiger partial charge is 0.00186 e. The minimum absolute atomic E-state index is 1.10. The summed E-state index contributed by atoms with van der Waals surface area (Å²) in [6.07, 6.45) is 13.4. The highest BCUT2D eigenvalue weighted by molar-refractivity contribution is 4.69. The molecule has 0 unspecified atom stereocenters. The van der Waals surface area contributed by atoms with Gasteiger partial charge in [0.1, 0.15) is 0 Å². The van der Waals surface area contributed by atoms with Gasteiger partial charge >= 0.3 is 0 Å². The molecule has 2 fully saturated rings. The molecule has 0 amide bonds. The highest BCUT2D eigenvalue weighted by atomic mass is 15.1. The first-order valence-electron chi connectivity index (χ1n) is 6.67. The van der Waals surface area contributed by atoms with E-state index in [-0.39, 0.29) is 0 Å². The molecule has 2 rings (SSSR count). The molecule has 1 saturated carbocycles. The molecule has 2 aliphatic rings. The Labute approximate surface area is 88.9 Å². The summed E-state index contributed by atoms with van der Waals surface area (Å²) >= 11 is 0. The molecule has 0 atom stereocenters. The van der Waals surface area contributed by atoms with Crippen molar-refractivity contribution in [1.82, 2.24) is 4.90 Å². The summed E-state index contributed by atoms with van der Waals surface area (Å²) in [6.45, 7) is 4.14. The van der Waals surface area contributed by atoms with Crippen molar-refractivity contribution >= 4 is 0 Å². The van der Waals surface area contributed by atoms with Crippen LogP contribution in [0.3, 0.4) is 0 Å². The van der Waals surface area contributed by atoms with Gasteiger partial charge in [-0.3, -0.25) is 0 Å². The van der Waals surface area contributed by atoms with Crippen molar-refractivity contribution in [3.8, 4) is 0 Å². The van der Waals surface area contributed by atoms with Gasteiger partial charge in [-0.1, -0.05) is 32.1 Å². The standard InChI is InChI=1S/C13H25N/c1-4-10-14(11-5-1)12-6-9-13-7-2-3-8-13/h13H,1-12H2. The highest BCUT2D eigenvalue weighted by Gasteiger charge is 2.15. The SMILES string of the molecule is C1CCN(CCCC2CCCC2)CC1. The molecule has 1 aliphatic carbocycles. The van der Waals surface area contributed by atoms with Gasteiger partial charge in [-0.05, 0) is 51.2 Å². The van der Waals surface area contributed by atoms with Crippen LogP contribution in [0.5, 0.6) is 0 Å². The first kappa shape index (κ1) is 10.5. The molecular formula is C13H25N. The normalized spacial score (nSPS) is 25.7. The van der Waals surface area contributed by atoms with Gasteiger partial charge in [0, 0.05) is 0 Å². The quantitative estimate of drug-likeness (QED) is 0.664. The first-order valence-corrected chi connectivity index (χ1v) is 6.67. The van der Waals surface area contributed by atoms with E-state index in [1.54, 1.807) is 0 Å². The zero-order valence-corrected chi connectivity index (χ0v) is 9.51. The van der Waals surface area contributed by atoms with Crippen molar-refractivity contribution in [3.05, 3.63) is 0 Å². The molecule has 0 radical (unpaired) electrons. The topological polar surface area (TPSA) is 3.24 Å². The molecule has 1 nitrogen and oxygen atoms in total. The Hall–Kier alpha value is -0.0400. The number of hydrogen-bond donors (Lipinski definition) is 0. The fourth-order valence-corrected chi connectivity index (χ4v) is 3.09. The third-order valence-corrected chi connectivity index (χ3v) is 4.01. The number of piperidine rings is 1. The number of likely N-dealkylation sites (tertiary alicyclic amines) is 1. The largest absolute Gasteiger partial charge is 0.303 e. The van der Waals surface area contributed by atoms with Crippen molar-refractivity contribution in [2.24, 2.45) is 5.92 Å². The molecule has 0 spiro atoms. The Morgan fingerprint density at radius 2 is 1.57 bits per heavy atom. The third-order valence-electron chi connectivity index (χ3n) is 4.01. The molecule has 0 aromatic carbocycles. The van der Waals surface area contributed by atoms with E-state index in [0.717, 1.165) is 5.92 Å². The van der Waals surface area contributed by atoms with Crippen molar-refractivity contribution in [2.75, 3.05) is 19.6 Å². The first-order chi connectivity index (χ1) is 6.95. The van der Waals surface area contributed by atoms with E-state index < -0.39 is 0 Å². The van der Waals surface area contributed by atoms with Crippen LogP contribution in [0.25, 0.3) is 0 Å². The lowest BCUT2D eigenvalue weighted by atomic mass is 10.0. The maximum Gasteiger partial charge on any atom is -0.00186 e. The van der Waals surface area contributed by atoms with Crippen molar-refractivity contribution in [1.29, 1.82) is 0 Å². The molecular weight excluding hydrogens is 170 g/mol. The van der Waals surface area contributed by atoms with Crippen LogP contribution in [0.15, 0.2) is 0 Å². The van der Waals surface area contributed by atoms with E-state index in [4.69, 9.17) is 0 Å². The van der Waals surface area contributed by atoms with Crippen LogP contribution < -0.4 is 0 Å². The predicted molar refractivity (Wildman–Crippen MR) is 61.5 cm³/mol. The average Bonchev–Trinajstić information content (AvgIpc) is 2.72. The van der Waals surface area contributed by atoms with Gasteiger partial charge in [0.2, 0.25) is 0 Å². The lowest BCUT2D eigenvalue weighted by Gasteiger charge is -2.26. The maximum atomic E-state index is 2.68. The van der Waals surface area contributed by atoms with Crippen LogP contribution in [0.1, 0.15) is 57.8 Å². The van der Waals surface area contributed by atoms with Crippen LogP contribution in [0.2, 0.25) is 0 Å². The second-order valence-corrected chi connectivity index (χ2v) is 5.20.